The van der Waals surface area contributed by atoms with E-state index in [1.165, 1.54) is 62.5 Å². The van der Waals surface area contributed by atoms with Crippen LogP contribution in [0.4, 0.5) is 0 Å². The minimum Gasteiger partial charge on any atom is -0.464 e. The largest absolute Gasteiger partial charge is 0.464 e. The van der Waals surface area contributed by atoms with Gasteiger partial charge in [-0.05, 0) is 78.5 Å². The first-order valence-electron chi connectivity index (χ1n) is 17.3. The van der Waals surface area contributed by atoms with E-state index in [0.717, 1.165) is 38.0 Å². The molecular weight excluding hydrogens is 528 g/mol. The molecule has 3 nitrogen and oxygen atoms in total. The highest BCUT2D eigenvalue weighted by molar-refractivity contribution is 5.97. The van der Waals surface area contributed by atoms with Gasteiger partial charge in [0.05, 0.1) is 12.2 Å². The standard InChI is InChI=1S/C40H60O3/c1-30(41)34-27-32(35(39(5,6)7)28-38(2,3)4)21-22-36(34)43-37(42-26-23-31-17-11-8-12-18-31)29-40(24-15-10-16-25-40)33-19-13-9-14-20-33/h9,13-14,19-22,27,31,35,37H,8,10-12,15-18,23-26,28-29H2,1-7H3. The highest BCUT2D eigenvalue weighted by atomic mass is 16.7. The van der Waals surface area contributed by atoms with Gasteiger partial charge < -0.3 is 9.47 Å². The fourth-order valence-electron chi connectivity index (χ4n) is 7.75. The molecule has 2 aliphatic rings. The molecule has 2 unspecified atom stereocenters. The third-order valence-corrected chi connectivity index (χ3v) is 10.2. The summed E-state index contributed by atoms with van der Waals surface area (Å²) in [5.41, 5.74) is 3.61. The van der Waals surface area contributed by atoms with Crippen LogP contribution in [0.25, 0.3) is 0 Å². The van der Waals surface area contributed by atoms with Crippen LogP contribution in [0.5, 0.6) is 5.75 Å². The minimum atomic E-state index is -0.390. The maximum absolute atomic E-state index is 13.1. The third-order valence-electron chi connectivity index (χ3n) is 10.2. The number of carbonyl (C=O) groups excluding carboxylic acids is 1. The second kappa shape index (κ2) is 14.8. The van der Waals surface area contributed by atoms with E-state index in [0.29, 0.717) is 23.8 Å². The van der Waals surface area contributed by atoms with Crippen molar-refractivity contribution >= 4 is 5.78 Å². The molecule has 0 bridgehead atoms. The van der Waals surface area contributed by atoms with Crippen molar-refractivity contribution in [2.75, 3.05) is 6.61 Å². The van der Waals surface area contributed by atoms with Gasteiger partial charge in [-0.15, -0.1) is 0 Å². The summed E-state index contributed by atoms with van der Waals surface area (Å²) in [6.07, 6.45) is 15.4. The molecule has 0 aromatic heterocycles. The molecule has 0 amide bonds. The number of benzene rings is 2. The lowest BCUT2D eigenvalue weighted by atomic mass is 9.67. The van der Waals surface area contributed by atoms with Crippen molar-refractivity contribution in [1.82, 2.24) is 0 Å². The van der Waals surface area contributed by atoms with Crippen molar-refractivity contribution in [3.8, 4) is 5.75 Å². The molecule has 0 spiro atoms. The van der Waals surface area contributed by atoms with Gasteiger partial charge in [0.25, 0.3) is 0 Å². The number of hydrogen-bond donors (Lipinski definition) is 0. The quantitative estimate of drug-likeness (QED) is 0.183. The van der Waals surface area contributed by atoms with Gasteiger partial charge in [0.1, 0.15) is 5.75 Å². The number of ether oxygens (including phenoxy) is 2. The van der Waals surface area contributed by atoms with E-state index >= 15 is 0 Å². The molecule has 238 valence electrons. The normalized spacial score (nSPS) is 19.5. The summed E-state index contributed by atoms with van der Waals surface area (Å²) in [5, 5.41) is 0. The summed E-state index contributed by atoms with van der Waals surface area (Å²) in [6, 6.07) is 17.4. The van der Waals surface area contributed by atoms with E-state index in [9.17, 15) is 4.79 Å². The van der Waals surface area contributed by atoms with Crippen LogP contribution < -0.4 is 4.74 Å². The van der Waals surface area contributed by atoms with Gasteiger partial charge in [-0.25, -0.2) is 0 Å². The number of Topliss-reactive ketones (excluding diaryl/α,β-unsaturated/α-hetero) is 1. The van der Waals surface area contributed by atoms with Crippen LogP contribution in [-0.4, -0.2) is 18.7 Å². The maximum Gasteiger partial charge on any atom is 0.200 e. The average molecular weight is 589 g/mol. The Labute approximate surface area is 263 Å². The van der Waals surface area contributed by atoms with Gasteiger partial charge in [-0.2, -0.15) is 0 Å². The van der Waals surface area contributed by atoms with E-state index in [4.69, 9.17) is 9.47 Å². The van der Waals surface area contributed by atoms with Gasteiger partial charge >= 0.3 is 0 Å². The average Bonchev–Trinajstić information content (AvgIpc) is 2.96. The summed E-state index contributed by atoms with van der Waals surface area (Å²) < 4.78 is 13.5. The minimum absolute atomic E-state index is 0.0371. The molecule has 2 aliphatic carbocycles. The summed E-state index contributed by atoms with van der Waals surface area (Å²) in [5.74, 6) is 1.82. The van der Waals surface area contributed by atoms with Crippen molar-refractivity contribution in [2.45, 2.75) is 150 Å². The lowest BCUT2D eigenvalue weighted by Crippen LogP contribution is -2.37. The second-order valence-electron chi connectivity index (χ2n) is 16.1. The van der Waals surface area contributed by atoms with Crippen molar-refractivity contribution in [2.24, 2.45) is 16.7 Å². The lowest BCUT2D eigenvalue weighted by Gasteiger charge is -2.40. The molecule has 43 heavy (non-hydrogen) atoms. The van der Waals surface area contributed by atoms with Crippen LogP contribution in [0.1, 0.15) is 159 Å². The van der Waals surface area contributed by atoms with Crippen molar-refractivity contribution in [1.29, 1.82) is 0 Å². The van der Waals surface area contributed by atoms with E-state index < -0.39 is 0 Å². The molecule has 4 rings (SSSR count). The number of hydrogen-bond acceptors (Lipinski definition) is 3. The Morgan fingerprint density at radius 2 is 1.53 bits per heavy atom. The summed E-state index contributed by atoms with van der Waals surface area (Å²) in [6.45, 7) is 16.2. The first-order valence-corrected chi connectivity index (χ1v) is 17.3. The number of carbonyl (C=O) groups is 1. The van der Waals surface area contributed by atoms with E-state index in [1.54, 1.807) is 6.92 Å². The third kappa shape index (κ3) is 9.68. The Morgan fingerprint density at radius 3 is 2.14 bits per heavy atom. The maximum atomic E-state index is 13.1. The Bertz CT molecular complexity index is 1140. The summed E-state index contributed by atoms with van der Waals surface area (Å²) in [7, 11) is 0. The monoisotopic (exact) mass is 588 g/mol. The topological polar surface area (TPSA) is 35.5 Å². The van der Waals surface area contributed by atoms with E-state index in [-0.39, 0.29) is 28.3 Å². The van der Waals surface area contributed by atoms with Crippen LogP contribution in [0, 0.1) is 16.7 Å². The smallest absolute Gasteiger partial charge is 0.200 e. The number of rotatable bonds is 12. The first kappa shape index (κ1) is 33.8. The van der Waals surface area contributed by atoms with E-state index in [2.05, 4.69) is 90.1 Å². The van der Waals surface area contributed by atoms with Gasteiger partial charge in [0.15, 0.2) is 5.78 Å². The molecule has 2 aromatic rings. The second-order valence-corrected chi connectivity index (χ2v) is 16.1. The van der Waals surface area contributed by atoms with Crippen LogP contribution in [0.15, 0.2) is 48.5 Å². The SMILES string of the molecule is CC(=O)c1cc(C(CC(C)(C)C)C(C)(C)C)ccc1OC(CC1(c2ccccc2)CCCCC1)OCCC1CCCCC1. The molecular formula is C40H60O3. The predicted octanol–water partition coefficient (Wildman–Crippen LogP) is 11.4. The van der Waals surface area contributed by atoms with Crippen LogP contribution in [0.3, 0.4) is 0 Å². The van der Waals surface area contributed by atoms with Gasteiger partial charge in [0, 0.05) is 11.8 Å². The zero-order valence-corrected chi connectivity index (χ0v) is 28.5. The molecule has 0 N–H and O–H groups in total. The Morgan fingerprint density at radius 1 is 0.884 bits per heavy atom. The molecule has 0 heterocycles. The molecule has 2 aromatic carbocycles. The molecule has 2 saturated carbocycles. The van der Waals surface area contributed by atoms with Crippen LogP contribution in [0.2, 0.25) is 0 Å². The lowest BCUT2D eigenvalue weighted by molar-refractivity contribution is -0.103. The fraction of sp³-hybridized carbons (Fsp3) is 0.675. The summed E-state index contributed by atoms with van der Waals surface area (Å²) >= 11 is 0. The Kier molecular flexibility index (Phi) is 11.6. The molecule has 2 atom stereocenters. The van der Waals surface area contributed by atoms with E-state index in [1.807, 2.05) is 0 Å². The zero-order chi connectivity index (χ0) is 31.1. The van der Waals surface area contributed by atoms with Crippen LogP contribution in [-0.2, 0) is 10.2 Å². The molecule has 0 radical (unpaired) electrons. The molecule has 0 aliphatic heterocycles. The van der Waals surface area contributed by atoms with Crippen molar-refractivity contribution < 1.29 is 14.3 Å². The highest BCUT2D eigenvalue weighted by Gasteiger charge is 2.38. The van der Waals surface area contributed by atoms with Gasteiger partial charge in [-0.1, -0.05) is 129 Å². The number of ketones is 1. The summed E-state index contributed by atoms with van der Waals surface area (Å²) in [4.78, 5) is 13.1. The Hall–Kier alpha value is -2.13. The molecule has 3 heteroatoms. The van der Waals surface area contributed by atoms with Crippen LogP contribution >= 0.6 is 0 Å². The zero-order valence-electron chi connectivity index (χ0n) is 28.5. The Balaban J connectivity index is 1.63. The van der Waals surface area contributed by atoms with Crippen molar-refractivity contribution in [3.63, 3.8) is 0 Å². The highest BCUT2D eigenvalue weighted by Crippen LogP contribution is 2.46. The molecule has 2 fully saturated rings. The first-order chi connectivity index (χ1) is 20.4. The van der Waals surface area contributed by atoms with Gasteiger partial charge in [0.2, 0.25) is 6.29 Å². The van der Waals surface area contributed by atoms with Gasteiger partial charge in [-0.3, -0.25) is 4.79 Å². The fourth-order valence-corrected chi connectivity index (χ4v) is 7.75. The van der Waals surface area contributed by atoms with Crippen molar-refractivity contribution in [3.05, 3.63) is 65.2 Å². The predicted molar refractivity (Wildman–Crippen MR) is 180 cm³/mol. The molecule has 0 saturated heterocycles.